The van der Waals surface area contributed by atoms with Crippen LogP contribution in [0.5, 0.6) is 0 Å². The molecular weight excluding hydrogens is 368 g/mol. The summed E-state index contributed by atoms with van der Waals surface area (Å²) >= 11 is 0. The Labute approximate surface area is 172 Å². The minimum Gasteiger partial charge on any atom is -0.376 e. The number of aryl methyl sites for hydroxylation is 2. The van der Waals surface area contributed by atoms with Crippen LogP contribution < -0.4 is 5.32 Å². The van der Waals surface area contributed by atoms with Gasteiger partial charge >= 0.3 is 0 Å². The quantitative estimate of drug-likeness (QED) is 0.798. The minimum absolute atomic E-state index is 0.0187. The van der Waals surface area contributed by atoms with Crippen LogP contribution in [0, 0.1) is 12.8 Å². The van der Waals surface area contributed by atoms with E-state index in [1.54, 1.807) is 10.9 Å². The van der Waals surface area contributed by atoms with E-state index in [-0.39, 0.29) is 5.91 Å². The van der Waals surface area contributed by atoms with Gasteiger partial charge < -0.3 is 10.1 Å². The van der Waals surface area contributed by atoms with Gasteiger partial charge in [-0.3, -0.25) is 19.1 Å². The van der Waals surface area contributed by atoms with Crippen molar-refractivity contribution in [3.05, 3.63) is 34.4 Å². The highest BCUT2D eigenvalue weighted by Crippen LogP contribution is 2.24. The molecule has 0 aromatic carbocycles. The number of ether oxygens (including phenoxy) is 1. The Bertz CT molecular complexity index is 863. The maximum atomic E-state index is 12.4. The van der Waals surface area contributed by atoms with Crippen LogP contribution in [-0.4, -0.2) is 56.6 Å². The molecule has 2 aliphatic heterocycles. The Balaban J connectivity index is 1.27. The molecule has 0 bridgehead atoms. The number of piperidine rings is 1. The summed E-state index contributed by atoms with van der Waals surface area (Å²) in [4.78, 5) is 14.9. The number of nitrogens with one attached hydrogen (secondary N) is 1. The molecule has 0 aliphatic carbocycles. The Morgan fingerprint density at radius 3 is 2.83 bits per heavy atom. The van der Waals surface area contributed by atoms with Gasteiger partial charge in [0.1, 0.15) is 0 Å². The second-order valence-corrected chi connectivity index (χ2v) is 8.19. The summed E-state index contributed by atoms with van der Waals surface area (Å²) in [5, 5.41) is 12.1. The van der Waals surface area contributed by atoms with Crippen LogP contribution in [0.3, 0.4) is 0 Å². The highest BCUT2D eigenvalue weighted by atomic mass is 16.5. The molecule has 0 radical (unpaired) electrons. The second kappa shape index (κ2) is 8.67. The first-order valence-corrected chi connectivity index (χ1v) is 10.7. The highest BCUT2D eigenvalue weighted by Gasteiger charge is 2.25. The number of carbonyl (C=O) groups excluding carboxylic acids is 1. The fourth-order valence-corrected chi connectivity index (χ4v) is 4.38. The number of nitrogens with zero attached hydrogens (tertiary/aromatic N) is 5. The molecular formula is C21H32N6O2. The Morgan fingerprint density at radius 2 is 2.14 bits per heavy atom. The van der Waals surface area contributed by atoms with E-state index in [9.17, 15) is 4.79 Å². The van der Waals surface area contributed by atoms with E-state index in [4.69, 9.17) is 9.84 Å². The van der Waals surface area contributed by atoms with Crippen molar-refractivity contribution in [2.45, 2.75) is 52.8 Å². The molecule has 2 aromatic rings. The number of aromatic nitrogens is 4. The van der Waals surface area contributed by atoms with E-state index in [1.165, 1.54) is 17.0 Å². The zero-order chi connectivity index (χ0) is 20.4. The molecule has 2 aliphatic rings. The van der Waals surface area contributed by atoms with Gasteiger partial charge in [-0.25, -0.2) is 0 Å². The maximum Gasteiger partial charge on any atom is 0.254 e. The van der Waals surface area contributed by atoms with Gasteiger partial charge in [-0.05, 0) is 45.7 Å². The predicted molar refractivity (Wildman–Crippen MR) is 110 cm³/mol. The van der Waals surface area contributed by atoms with Crippen LogP contribution in [0.25, 0.3) is 0 Å². The molecule has 0 unspecified atom stereocenters. The Kier molecular flexibility index (Phi) is 6.01. The van der Waals surface area contributed by atoms with Crippen molar-refractivity contribution in [2.75, 3.05) is 26.2 Å². The number of hydrogen-bond donors (Lipinski definition) is 1. The molecule has 0 saturated carbocycles. The average molecular weight is 401 g/mol. The summed E-state index contributed by atoms with van der Waals surface area (Å²) < 4.78 is 9.57. The molecule has 8 heteroatoms. The van der Waals surface area contributed by atoms with Crippen molar-refractivity contribution in [1.29, 1.82) is 0 Å². The third-order valence-electron chi connectivity index (χ3n) is 6.39. The summed E-state index contributed by atoms with van der Waals surface area (Å²) in [6.07, 6.45) is 4.81. The number of amides is 1. The van der Waals surface area contributed by atoms with Gasteiger partial charge in [-0.1, -0.05) is 0 Å². The predicted octanol–water partition coefficient (Wildman–Crippen LogP) is 1.66. The van der Waals surface area contributed by atoms with Gasteiger partial charge in [0.05, 0.1) is 30.7 Å². The zero-order valence-electron chi connectivity index (χ0n) is 17.8. The van der Waals surface area contributed by atoms with Gasteiger partial charge in [0.25, 0.3) is 5.91 Å². The lowest BCUT2D eigenvalue weighted by Gasteiger charge is -2.31. The standard InChI is InChI=1S/C21H32N6O2/c1-4-27-20-7-10-29-14-18(20)19(24-27)13-26-8-5-16(6-9-26)11-22-21(28)17-12-23-25(3)15(17)2/h12,16H,4-11,13-14H2,1-3H3,(H,22,28). The van der Waals surface area contributed by atoms with Crippen LogP contribution in [0.2, 0.25) is 0 Å². The topological polar surface area (TPSA) is 77.2 Å². The molecule has 4 rings (SSSR count). The summed E-state index contributed by atoms with van der Waals surface area (Å²) in [6, 6.07) is 0. The molecule has 29 heavy (non-hydrogen) atoms. The fourth-order valence-electron chi connectivity index (χ4n) is 4.38. The number of carbonyl (C=O) groups is 1. The van der Waals surface area contributed by atoms with Gasteiger partial charge in [0.2, 0.25) is 0 Å². The van der Waals surface area contributed by atoms with E-state index in [1.807, 2.05) is 14.0 Å². The normalized spacial score (nSPS) is 18.0. The highest BCUT2D eigenvalue weighted by molar-refractivity contribution is 5.95. The first-order chi connectivity index (χ1) is 14.1. The SMILES string of the molecule is CCn1nc(CN2CCC(CNC(=O)c3cnn(C)c3C)CC2)c2c1CCOC2. The molecule has 1 amide bonds. The first-order valence-electron chi connectivity index (χ1n) is 10.7. The average Bonchev–Trinajstić information content (AvgIpc) is 3.27. The van der Waals surface area contributed by atoms with Gasteiger partial charge in [-0.2, -0.15) is 10.2 Å². The van der Waals surface area contributed by atoms with Gasteiger partial charge in [0, 0.05) is 50.1 Å². The Morgan fingerprint density at radius 1 is 1.34 bits per heavy atom. The van der Waals surface area contributed by atoms with Crippen LogP contribution in [0.15, 0.2) is 6.20 Å². The second-order valence-electron chi connectivity index (χ2n) is 8.19. The van der Waals surface area contributed by atoms with Gasteiger partial charge in [0.15, 0.2) is 0 Å². The number of hydrogen-bond acceptors (Lipinski definition) is 5. The molecule has 4 heterocycles. The number of fused-ring (bicyclic) bond motifs is 1. The van der Waals surface area contributed by atoms with E-state index < -0.39 is 0 Å². The molecule has 0 spiro atoms. The summed E-state index contributed by atoms with van der Waals surface area (Å²) in [5.41, 5.74) is 5.41. The monoisotopic (exact) mass is 400 g/mol. The van der Waals surface area contributed by atoms with E-state index in [0.29, 0.717) is 18.1 Å². The summed E-state index contributed by atoms with van der Waals surface area (Å²) in [6.45, 7) is 10.2. The van der Waals surface area contributed by atoms with Crippen molar-refractivity contribution in [1.82, 2.24) is 29.8 Å². The largest absolute Gasteiger partial charge is 0.376 e. The smallest absolute Gasteiger partial charge is 0.254 e. The van der Waals surface area contributed by atoms with Crippen LogP contribution >= 0.6 is 0 Å². The lowest BCUT2D eigenvalue weighted by molar-refractivity contribution is 0.0933. The lowest BCUT2D eigenvalue weighted by atomic mass is 9.96. The number of rotatable bonds is 6. The zero-order valence-corrected chi connectivity index (χ0v) is 17.8. The van der Waals surface area contributed by atoms with Crippen molar-refractivity contribution in [3.63, 3.8) is 0 Å². The van der Waals surface area contributed by atoms with Crippen molar-refractivity contribution in [2.24, 2.45) is 13.0 Å². The minimum atomic E-state index is -0.0187. The van der Waals surface area contributed by atoms with E-state index >= 15 is 0 Å². The molecule has 8 nitrogen and oxygen atoms in total. The summed E-state index contributed by atoms with van der Waals surface area (Å²) in [7, 11) is 1.86. The molecule has 158 valence electrons. The summed E-state index contributed by atoms with van der Waals surface area (Å²) in [5.74, 6) is 0.507. The van der Waals surface area contributed by atoms with E-state index in [2.05, 4.69) is 26.9 Å². The van der Waals surface area contributed by atoms with Crippen molar-refractivity contribution in [3.8, 4) is 0 Å². The van der Waals surface area contributed by atoms with Crippen molar-refractivity contribution < 1.29 is 9.53 Å². The molecule has 0 atom stereocenters. The Hall–Kier alpha value is -2.19. The van der Waals surface area contributed by atoms with Crippen LogP contribution in [0.4, 0.5) is 0 Å². The molecule has 1 fully saturated rings. The first kappa shape index (κ1) is 20.1. The molecule has 2 aromatic heterocycles. The number of likely N-dealkylation sites (tertiary alicyclic amines) is 1. The molecule has 1 N–H and O–H groups in total. The maximum absolute atomic E-state index is 12.4. The van der Waals surface area contributed by atoms with Gasteiger partial charge in [-0.15, -0.1) is 0 Å². The fraction of sp³-hybridized carbons (Fsp3) is 0.667. The third-order valence-corrected chi connectivity index (χ3v) is 6.39. The third kappa shape index (κ3) is 4.23. The van der Waals surface area contributed by atoms with Crippen LogP contribution in [-0.2, 0) is 37.9 Å². The van der Waals surface area contributed by atoms with Crippen molar-refractivity contribution >= 4 is 5.91 Å². The lowest BCUT2D eigenvalue weighted by Crippen LogP contribution is -2.38. The van der Waals surface area contributed by atoms with E-state index in [0.717, 1.165) is 64.3 Å². The molecule has 1 saturated heterocycles. The van der Waals surface area contributed by atoms with Crippen LogP contribution in [0.1, 0.15) is 52.8 Å².